The highest BCUT2D eigenvalue weighted by atomic mass is 16.4. The molecule has 2 heterocycles. The van der Waals surface area contributed by atoms with Crippen molar-refractivity contribution in [1.29, 1.82) is 0 Å². The van der Waals surface area contributed by atoms with Gasteiger partial charge < -0.3 is 9.73 Å². The number of hydrogen-bond acceptors (Lipinski definition) is 5. The quantitative estimate of drug-likeness (QED) is 0.770. The number of aromatic amines is 1. The minimum atomic E-state index is -0.426. The Labute approximate surface area is 138 Å². The summed E-state index contributed by atoms with van der Waals surface area (Å²) in [7, 11) is 0. The number of anilines is 1. The van der Waals surface area contributed by atoms with Gasteiger partial charge in [-0.15, -0.1) is 0 Å². The maximum Gasteiger partial charge on any atom is 0.328 e. The Morgan fingerprint density at radius 3 is 2.71 bits per heavy atom. The lowest BCUT2D eigenvalue weighted by Crippen LogP contribution is -2.40. The summed E-state index contributed by atoms with van der Waals surface area (Å²) in [5.74, 6) is 0. The second-order valence-corrected chi connectivity index (χ2v) is 6.75. The number of H-pyrrole nitrogens is 1. The molecule has 1 aromatic carbocycles. The van der Waals surface area contributed by atoms with Crippen molar-refractivity contribution in [3.05, 3.63) is 56.4 Å². The molecule has 2 N–H and O–H groups in total. The van der Waals surface area contributed by atoms with Crippen LogP contribution in [0.15, 0.2) is 38.4 Å². The molecule has 7 nitrogen and oxygen atoms in total. The van der Waals surface area contributed by atoms with E-state index in [1.165, 1.54) is 4.57 Å². The van der Waals surface area contributed by atoms with E-state index < -0.39 is 16.8 Å². The van der Waals surface area contributed by atoms with Crippen LogP contribution in [0.3, 0.4) is 0 Å². The SMILES string of the molecule is Cc1cccc2nc(NCc3cn(C(C)(C)C)c(=O)[nH]c3=O)oc12. The summed E-state index contributed by atoms with van der Waals surface area (Å²) < 4.78 is 7.18. The molecule has 0 fully saturated rings. The summed E-state index contributed by atoms with van der Waals surface area (Å²) in [6, 6.07) is 6.06. The average molecular weight is 328 g/mol. The Hall–Kier alpha value is -2.83. The first kappa shape index (κ1) is 16.0. The van der Waals surface area contributed by atoms with Crippen molar-refractivity contribution >= 4 is 17.1 Å². The van der Waals surface area contributed by atoms with Gasteiger partial charge in [0.2, 0.25) is 0 Å². The number of oxazole rings is 1. The zero-order valence-electron chi connectivity index (χ0n) is 14.1. The number of aromatic nitrogens is 3. The molecule has 3 aromatic rings. The first-order chi connectivity index (χ1) is 11.3. The van der Waals surface area contributed by atoms with Crippen LogP contribution in [0.4, 0.5) is 6.01 Å². The van der Waals surface area contributed by atoms with Gasteiger partial charge in [-0.2, -0.15) is 4.98 Å². The molecule has 0 aliphatic carbocycles. The maximum absolute atomic E-state index is 12.0. The fourth-order valence-corrected chi connectivity index (χ4v) is 2.47. The third-order valence-electron chi connectivity index (χ3n) is 3.78. The van der Waals surface area contributed by atoms with Crippen molar-refractivity contribution in [1.82, 2.24) is 14.5 Å². The summed E-state index contributed by atoms with van der Waals surface area (Å²) in [4.78, 5) is 30.6. The molecular weight excluding hydrogens is 308 g/mol. The fraction of sp³-hybridized carbons (Fsp3) is 0.353. The lowest BCUT2D eigenvalue weighted by molar-refractivity contribution is 0.374. The molecule has 0 aliphatic rings. The monoisotopic (exact) mass is 328 g/mol. The summed E-state index contributed by atoms with van der Waals surface area (Å²) in [5.41, 5.74) is 1.63. The Morgan fingerprint density at radius 1 is 1.29 bits per heavy atom. The minimum Gasteiger partial charge on any atom is -0.423 e. The van der Waals surface area contributed by atoms with E-state index in [4.69, 9.17) is 4.42 Å². The Morgan fingerprint density at radius 2 is 2.04 bits per heavy atom. The molecule has 0 aliphatic heterocycles. The van der Waals surface area contributed by atoms with Crippen LogP contribution in [0.2, 0.25) is 0 Å². The lowest BCUT2D eigenvalue weighted by Gasteiger charge is -2.22. The zero-order chi connectivity index (χ0) is 17.5. The zero-order valence-corrected chi connectivity index (χ0v) is 14.1. The van der Waals surface area contributed by atoms with Crippen molar-refractivity contribution in [3.63, 3.8) is 0 Å². The molecular formula is C17H20N4O3. The van der Waals surface area contributed by atoms with Crippen LogP contribution in [0.5, 0.6) is 0 Å². The molecule has 0 saturated heterocycles. The third-order valence-corrected chi connectivity index (χ3v) is 3.78. The molecule has 0 radical (unpaired) electrons. The fourth-order valence-electron chi connectivity index (χ4n) is 2.47. The Bertz CT molecular complexity index is 1010. The lowest BCUT2D eigenvalue weighted by atomic mass is 10.1. The van der Waals surface area contributed by atoms with Gasteiger partial charge in [-0.25, -0.2) is 4.79 Å². The van der Waals surface area contributed by atoms with E-state index in [-0.39, 0.29) is 6.54 Å². The van der Waals surface area contributed by atoms with Gasteiger partial charge in [-0.3, -0.25) is 14.3 Å². The van der Waals surface area contributed by atoms with Crippen LogP contribution in [0.1, 0.15) is 31.9 Å². The third kappa shape index (κ3) is 2.97. The summed E-state index contributed by atoms with van der Waals surface area (Å²) in [5, 5.41) is 3.00. The number of nitrogens with zero attached hydrogens (tertiary/aromatic N) is 2. The summed E-state index contributed by atoms with van der Waals surface area (Å²) >= 11 is 0. The molecule has 2 aromatic heterocycles. The van der Waals surface area contributed by atoms with Crippen LogP contribution < -0.4 is 16.6 Å². The molecule has 24 heavy (non-hydrogen) atoms. The van der Waals surface area contributed by atoms with E-state index in [0.717, 1.165) is 11.1 Å². The van der Waals surface area contributed by atoms with Gasteiger partial charge in [0.1, 0.15) is 5.52 Å². The highest BCUT2D eigenvalue weighted by Gasteiger charge is 2.17. The summed E-state index contributed by atoms with van der Waals surface area (Å²) in [6.07, 6.45) is 1.57. The standard InChI is InChI=1S/C17H20N4O3/c1-10-6-5-7-12-13(10)24-15(19-12)18-8-11-9-21(17(2,3)4)16(23)20-14(11)22/h5-7,9H,8H2,1-4H3,(H,18,19)(H,20,22,23). The highest BCUT2D eigenvalue weighted by Crippen LogP contribution is 2.22. The Balaban J connectivity index is 1.89. The Kier molecular flexibility index (Phi) is 3.79. The molecule has 126 valence electrons. The number of fused-ring (bicyclic) bond motifs is 1. The van der Waals surface area contributed by atoms with E-state index in [0.29, 0.717) is 17.2 Å². The van der Waals surface area contributed by atoms with E-state index >= 15 is 0 Å². The molecule has 0 atom stereocenters. The van der Waals surface area contributed by atoms with Gasteiger partial charge in [-0.1, -0.05) is 12.1 Å². The first-order valence-corrected chi connectivity index (χ1v) is 7.71. The molecule has 0 spiro atoms. The van der Waals surface area contributed by atoms with Gasteiger partial charge >= 0.3 is 5.69 Å². The number of nitrogens with one attached hydrogen (secondary N) is 2. The topological polar surface area (TPSA) is 92.9 Å². The predicted molar refractivity (Wildman–Crippen MR) is 92.4 cm³/mol. The number of rotatable bonds is 3. The van der Waals surface area contributed by atoms with Gasteiger partial charge in [0, 0.05) is 11.7 Å². The van der Waals surface area contributed by atoms with Crippen LogP contribution in [-0.4, -0.2) is 14.5 Å². The number of hydrogen-bond donors (Lipinski definition) is 2. The normalized spacial score (nSPS) is 11.8. The molecule has 7 heteroatoms. The smallest absolute Gasteiger partial charge is 0.328 e. The number of aryl methyl sites for hydroxylation is 1. The van der Waals surface area contributed by atoms with Gasteiger partial charge in [0.05, 0.1) is 12.1 Å². The van der Waals surface area contributed by atoms with E-state index in [1.54, 1.807) is 6.20 Å². The second kappa shape index (κ2) is 5.67. The van der Waals surface area contributed by atoms with E-state index in [9.17, 15) is 9.59 Å². The van der Waals surface area contributed by atoms with Crippen LogP contribution >= 0.6 is 0 Å². The maximum atomic E-state index is 12.0. The molecule has 0 saturated carbocycles. The number of benzene rings is 1. The summed E-state index contributed by atoms with van der Waals surface area (Å²) in [6.45, 7) is 7.84. The van der Waals surface area contributed by atoms with Crippen molar-refractivity contribution in [2.75, 3.05) is 5.32 Å². The van der Waals surface area contributed by atoms with Crippen LogP contribution in [-0.2, 0) is 12.1 Å². The van der Waals surface area contributed by atoms with E-state index in [2.05, 4.69) is 15.3 Å². The molecule has 3 rings (SSSR count). The molecule has 0 unspecified atom stereocenters. The second-order valence-electron chi connectivity index (χ2n) is 6.75. The molecule has 0 amide bonds. The minimum absolute atomic E-state index is 0.206. The van der Waals surface area contributed by atoms with Crippen molar-refractivity contribution in [3.8, 4) is 0 Å². The average Bonchev–Trinajstić information content (AvgIpc) is 2.89. The first-order valence-electron chi connectivity index (χ1n) is 7.71. The van der Waals surface area contributed by atoms with Crippen LogP contribution in [0, 0.1) is 6.92 Å². The van der Waals surface area contributed by atoms with Crippen molar-refractivity contribution in [2.24, 2.45) is 0 Å². The number of para-hydroxylation sites is 1. The molecule has 0 bridgehead atoms. The van der Waals surface area contributed by atoms with Crippen molar-refractivity contribution in [2.45, 2.75) is 39.8 Å². The van der Waals surface area contributed by atoms with E-state index in [1.807, 2.05) is 45.9 Å². The highest BCUT2D eigenvalue weighted by molar-refractivity contribution is 5.77. The van der Waals surface area contributed by atoms with Gasteiger partial charge in [0.25, 0.3) is 11.6 Å². The van der Waals surface area contributed by atoms with Gasteiger partial charge in [-0.05, 0) is 39.3 Å². The largest absolute Gasteiger partial charge is 0.423 e. The predicted octanol–water partition coefficient (Wildman–Crippen LogP) is 2.35. The van der Waals surface area contributed by atoms with Gasteiger partial charge in [0.15, 0.2) is 5.58 Å². The van der Waals surface area contributed by atoms with Crippen molar-refractivity contribution < 1.29 is 4.42 Å². The van der Waals surface area contributed by atoms with Crippen LogP contribution in [0.25, 0.3) is 11.1 Å².